The second-order valence-corrected chi connectivity index (χ2v) is 8.24. The number of aromatic nitrogens is 2. The van der Waals surface area contributed by atoms with E-state index in [4.69, 9.17) is 4.74 Å². The molecule has 9 heteroatoms. The van der Waals surface area contributed by atoms with E-state index in [2.05, 4.69) is 24.8 Å². The molecule has 2 aliphatic heterocycles. The van der Waals surface area contributed by atoms with E-state index in [1.165, 1.54) is 0 Å². The van der Waals surface area contributed by atoms with Crippen LogP contribution in [0.25, 0.3) is 0 Å². The van der Waals surface area contributed by atoms with Gasteiger partial charge in [-0.2, -0.15) is 0 Å². The summed E-state index contributed by atoms with van der Waals surface area (Å²) >= 11 is 0. The largest absolute Gasteiger partial charge is 0.444 e. The molecule has 0 saturated carbocycles. The van der Waals surface area contributed by atoms with Crippen LogP contribution in [0.2, 0.25) is 0 Å². The molecular weight excluding hydrogens is 471 g/mol. The number of unbranched alkanes of at least 4 members (excludes halogenated alkanes) is 1. The van der Waals surface area contributed by atoms with Gasteiger partial charge in [-0.25, -0.2) is 9.78 Å². The molecule has 0 bridgehead atoms. The average molecular weight is 504 g/mol. The van der Waals surface area contributed by atoms with Gasteiger partial charge in [0.15, 0.2) is 5.96 Å². The van der Waals surface area contributed by atoms with E-state index in [1.54, 1.807) is 4.90 Å². The Balaban J connectivity index is 0.00000280. The predicted molar refractivity (Wildman–Crippen MR) is 120 cm³/mol. The third-order valence-corrected chi connectivity index (χ3v) is 4.89. The second-order valence-electron chi connectivity index (χ2n) is 8.24. The third-order valence-electron chi connectivity index (χ3n) is 4.89. The summed E-state index contributed by atoms with van der Waals surface area (Å²) in [4.78, 5) is 25.3. The molecule has 3 rings (SSSR count). The van der Waals surface area contributed by atoms with Crippen molar-refractivity contribution >= 4 is 36.0 Å². The number of nitrogens with one attached hydrogen (secondary N) is 1. The van der Waals surface area contributed by atoms with Gasteiger partial charge in [-0.05, 0) is 40.5 Å². The summed E-state index contributed by atoms with van der Waals surface area (Å²) in [6.07, 6.45) is 5.83. The van der Waals surface area contributed by atoms with Crippen molar-refractivity contribution in [1.29, 1.82) is 0 Å². The lowest BCUT2D eigenvalue weighted by Crippen LogP contribution is -2.57. The Morgan fingerprint density at radius 1 is 1.32 bits per heavy atom. The van der Waals surface area contributed by atoms with Crippen molar-refractivity contribution < 1.29 is 9.53 Å². The van der Waals surface area contributed by atoms with Crippen molar-refractivity contribution in [2.45, 2.75) is 58.7 Å². The molecule has 0 radical (unpaired) electrons. The molecule has 8 nitrogen and oxygen atoms in total. The average Bonchev–Trinajstić information content (AvgIpc) is 3.19. The number of nitrogens with zero attached hydrogens (tertiary/aromatic N) is 5. The standard InChI is InChI=1S/C19H32N6O2.HI/c1-15-20-8-10-23(15)9-6-5-7-21-17-22-13-16-14-24(11-12-25(16)17)18(26)27-19(2,3)4;/h8,10,16H,5-7,9,11-14H2,1-4H3,(H,21,22);1H. The highest BCUT2D eigenvalue weighted by molar-refractivity contribution is 14.0. The van der Waals surface area contributed by atoms with Crippen LogP contribution in [0.1, 0.15) is 39.4 Å². The van der Waals surface area contributed by atoms with Gasteiger partial charge in [0.2, 0.25) is 0 Å². The van der Waals surface area contributed by atoms with Gasteiger partial charge in [0.1, 0.15) is 11.4 Å². The maximum Gasteiger partial charge on any atom is 0.410 e. The number of carbonyl (C=O) groups is 1. The number of ether oxygens (including phenoxy) is 1. The predicted octanol–water partition coefficient (Wildman–Crippen LogP) is 2.47. The van der Waals surface area contributed by atoms with Gasteiger partial charge in [0.05, 0.1) is 12.6 Å². The molecule has 1 aromatic rings. The first kappa shape index (κ1) is 22.8. The first-order valence-corrected chi connectivity index (χ1v) is 9.84. The summed E-state index contributed by atoms with van der Waals surface area (Å²) in [7, 11) is 0. The number of piperazine rings is 1. The molecule has 1 amide bonds. The van der Waals surface area contributed by atoms with E-state index in [1.807, 2.05) is 40.1 Å². The smallest absolute Gasteiger partial charge is 0.410 e. The Hall–Kier alpha value is -1.52. The highest BCUT2D eigenvalue weighted by atomic mass is 127. The quantitative estimate of drug-likeness (QED) is 0.493. The number of rotatable bonds is 5. The third kappa shape index (κ3) is 5.99. The number of imidazole rings is 1. The zero-order chi connectivity index (χ0) is 19.4. The lowest BCUT2D eigenvalue weighted by atomic mass is 10.2. The molecule has 0 aromatic carbocycles. The van der Waals surface area contributed by atoms with Crippen molar-refractivity contribution in [1.82, 2.24) is 24.7 Å². The van der Waals surface area contributed by atoms with Crippen molar-refractivity contribution in [3.63, 3.8) is 0 Å². The van der Waals surface area contributed by atoms with Crippen molar-refractivity contribution in [2.75, 3.05) is 32.7 Å². The monoisotopic (exact) mass is 504 g/mol. The van der Waals surface area contributed by atoms with Crippen LogP contribution in [0, 0.1) is 6.92 Å². The van der Waals surface area contributed by atoms with Gasteiger partial charge in [0, 0.05) is 45.1 Å². The molecule has 3 heterocycles. The first-order chi connectivity index (χ1) is 12.8. The highest BCUT2D eigenvalue weighted by Crippen LogP contribution is 2.18. The van der Waals surface area contributed by atoms with Crippen molar-refractivity contribution in [2.24, 2.45) is 4.99 Å². The lowest BCUT2D eigenvalue weighted by Gasteiger charge is -2.39. The Bertz CT molecular complexity index is 684. The van der Waals surface area contributed by atoms with Gasteiger partial charge in [0.25, 0.3) is 0 Å². The molecule has 28 heavy (non-hydrogen) atoms. The minimum Gasteiger partial charge on any atom is -0.444 e. The van der Waals surface area contributed by atoms with E-state index in [0.29, 0.717) is 13.1 Å². The number of aliphatic imine (C=N–C) groups is 1. The first-order valence-electron chi connectivity index (χ1n) is 9.84. The normalized spacial score (nSPS) is 19.0. The summed E-state index contributed by atoms with van der Waals surface area (Å²) in [6.45, 7) is 12.5. The number of amides is 1. The summed E-state index contributed by atoms with van der Waals surface area (Å²) in [6, 6.07) is 0.252. The van der Waals surface area contributed by atoms with E-state index in [9.17, 15) is 4.79 Å². The Morgan fingerprint density at radius 3 is 2.79 bits per heavy atom. The van der Waals surface area contributed by atoms with Crippen LogP contribution in [-0.4, -0.2) is 75.8 Å². The zero-order valence-corrected chi connectivity index (χ0v) is 19.7. The molecular formula is C19H33IN6O2. The van der Waals surface area contributed by atoms with E-state index in [0.717, 1.165) is 50.8 Å². The summed E-state index contributed by atoms with van der Waals surface area (Å²) < 4.78 is 7.67. The molecule has 2 aliphatic rings. The fraction of sp³-hybridized carbons (Fsp3) is 0.737. The molecule has 1 aromatic heterocycles. The number of hydrogen-bond donors (Lipinski definition) is 1. The second kappa shape index (κ2) is 9.80. The number of hydrogen-bond acceptors (Lipinski definition) is 6. The fourth-order valence-corrected chi connectivity index (χ4v) is 3.47. The van der Waals surface area contributed by atoms with Crippen molar-refractivity contribution in [3.05, 3.63) is 18.2 Å². The number of halogens is 1. The Labute approximate surface area is 184 Å². The van der Waals surface area contributed by atoms with E-state index >= 15 is 0 Å². The molecule has 1 saturated heterocycles. The Kier molecular flexibility index (Phi) is 7.97. The van der Waals surface area contributed by atoms with E-state index in [-0.39, 0.29) is 36.1 Å². The van der Waals surface area contributed by atoms with Gasteiger partial charge in [-0.15, -0.1) is 24.0 Å². The topological polar surface area (TPSA) is 75.0 Å². The molecule has 0 spiro atoms. The van der Waals surface area contributed by atoms with Gasteiger partial charge >= 0.3 is 6.09 Å². The number of carbonyl (C=O) groups excluding carboxylic acids is 1. The summed E-state index contributed by atoms with van der Waals surface area (Å²) in [5, 5.41) is 3.47. The number of fused-ring (bicyclic) bond motifs is 1. The Morgan fingerprint density at radius 2 is 2.11 bits per heavy atom. The molecule has 1 atom stereocenters. The van der Waals surface area contributed by atoms with Gasteiger partial charge in [-0.3, -0.25) is 4.99 Å². The maximum absolute atomic E-state index is 12.3. The van der Waals surface area contributed by atoms with Crippen molar-refractivity contribution in [3.8, 4) is 0 Å². The molecule has 1 unspecified atom stereocenters. The van der Waals surface area contributed by atoms with Crippen LogP contribution in [0.3, 0.4) is 0 Å². The molecule has 1 N–H and O–H groups in total. The van der Waals surface area contributed by atoms with Gasteiger partial charge in [-0.1, -0.05) is 0 Å². The van der Waals surface area contributed by atoms with Gasteiger partial charge < -0.3 is 24.4 Å². The maximum atomic E-state index is 12.3. The SMILES string of the molecule is Cc1nccn1CCCCNC1=NCC2CN(C(=O)OC(C)(C)C)CCN12.I. The summed E-state index contributed by atoms with van der Waals surface area (Å²) in [5.74, 6) is 2.04. The van der Waals surface area contributed by atoms with Crippen LogP contribution < -0.4 is 5.32 Å². The van der Waals surface area contributed by atoms with Crippen LogP contribution in [0.4, 0.5) is 4.79 Å². The summed E-state index contributed by atoms with van der Waals surface area (Å²) in [5.41, 5.74) is -0.456. The lowest BCUT2D eigenvalue weighted by molar-refractivity contribution is 0.0137. The minimum absolute atomic E-state index is 0. The highest BCUT2D eigenvalue weighted by Gasteiger charge is 2.36. The number of guanidine groups is 1. The van der Waals surface area contributed by atoms with E-state index < -0.39 is 5.60 Å². The molecule has 1 fully saturated rings. The minimum atomic E-state index is -0.456. The number of aryl methyl sites for hydroxylation is 2. The van der Waals surface area contributed by atoms with Crippen LogP contribution in [0.15, 0.2) is 17.4 Å². The van der Waals surface area contributed by atoms with Crippen LogP contribution in [0.5, 0.6) is 0 Å². The zero-order valence-electron chi connectivity index (χ0n) is 17.3. The van der Waals surface area contributed by atoms with Crippen LogP contribution >= 0.6 is 24.0 Å². The fourth-order valence-electron chi connectivity index (χ4n) is 3.47. The molecule has 0 aliphatic carbocycles. The molecule has 158 valence electrons. The van der Waals surface area contributed by atoms with Crippen LogP contribution in [-0.2, 0) is 11.3 Å².